The molecule has 1 saturated heterocycles. The van der Waals surface area contributed by atoms with Gasteiger partial charge in [-0.05, 0) is 25.1 Å². The van der Waals surface area contributed by atoms with Gasteiger partial charge in [0.2, 0.25) is 0 Å². The standard InChI is InChI=1S/C9H13ClN4.ClH/c10-9-2-1-8(13-14-9)6-12-7-3-4-11-5-7;/h1-2,7,11-12H,3-6H2;1H/t7-;/m0./s1. The second kappa shape index (κ2) is 6.23. The minimum absolute atomic E-state index is 0. The molecule has 15 heavy (non-hydrogen) atoms. The molecule has 0 unspecified atom stereocenters. The average molecular weight is 249 g/mol. The molecule has 2 rings (SSSR count). The predicted octanol–water partition coefficient (Wildman–Crippen LogP) is 1.00. The van der Waals surface area contributed by atoms with Gasteiger partial charge in [0.15, 0.2) is 5.15 Å². The smallest absolute Gasteiger partial charge is 0.151 e. The molecule has 1 aromatic heterocycles. The summed E-state index contributed by atoms with van der Waals surface area (Å²) in [7, 11) is 0. The molecule has 0 amide bonds. The molecule has 84 valence electrons. The van der Waals surface area contributed by atoms with Crippen molar-refractivity contribution in [3.63, 3.8) is 0 Å². The fourth-order valence-corrected chi connectivity index (χ4v) is 1.62. The monoisotopic (exact) mass is 248 g/mol. The molecule has 0 aromatic carbocycles. The highest BCUT2D eigenvalue weighted by atomic mass is 35.5. The van der Waals surface area contributed by atoms with E-state index in [0.29, 0.717) is 11.2 Å². The van der Waals surface area contributed by atoms with Crippen molar-refractivity contribution in [3.8, 4) is 0 Å². The zero-order valence-electron chi connectivity index (χ0n) is 8.24. The van der Waals surface area contributed by atoms with E-state index < -0.39 is 0 Å². The summed E-state index contributed by atoms with van der Waals surface area (Å²) in [6, 6.07) is 4.22. The van der Waals surface area contributed by atoms with Crippen molar-refractivity contribution in [2.45, 2.75) is 19.0 Å². The van der Waals surface area contributed by atoms with Gasteiger partial charge in [0.1, 0.15) is 0 Å². The average Bonchev–Trinajstić information content (AvgIpc) is 2.70. The van der Waals surface area contributed by atoms with Crippen molar-refractivity contribution < 1.29 is 0 Å². The molecule has 6 heteroatoms. The maximum Gasteiger partial charge on any atom is 0.151 e. The summed E-state index contributed by atoms with van der Waals surface area (Å²) in [5.41, 5.74) is 0.932. The van der Waals surface area contributed by atoms with Gasteiger partial charge in [-0.15, -0.1) is 17.5 Å². The number of hydrogen-bond acceptors (Lipinski definition) is 4. The number of aromatic nitrogens is 2. The lowest BCUT2D eigenvalue weighted by atomic mass is 10.2. The Hall–Kier alpha value is -0.420. The summed E-state index contributed by atoms with van der Waals surface area (Å²) in [5.74, 6) is 0. The van der Waals surface area contributed by atoms with Crippen molar-refractivity contribution in [1.82, 2.24) is 20.8 Å². The molecule has 0 spiro atoms. The van der Waals surface area contributed by atoms with Crippen molar-refractivity contribution in [2.24, 2.45) is 0 Å². The molecule has 0 bridgehead atoms. The van der Waals surface area contributed by atoms with E-state index in [0.717, 1.165) is 25.3 Å². The quantitative estimate of drug-likeness (QED) is 0.839. The maximum atomic E-state index is 5.63. The number of rotatable bonds is 3. The topological polar surface area (TPSA) is 49.8 Å². The van der Waals surface area contributed by atoms with E-state index in [4.69, 9.17) is 11.6 Å². The van der Waals surface area contributed by atoms with Crippen LogP contribution in [-0.2, 0) is 6.54 Å². The van der Waals surface area contributed by atoms with Gasteiger partial charge in [-0.3, -0.25) is 0 Å². The van der Waals surface area contributed by atoms with Crippen LogP contribution in [0.25, 0.3) is 0 Å². The van der Waals surface area contributed by atoms with Crippen LogP contribution in [0.5, 0.6) is 0 Å². The molecule has 1 aliphatic rings. The van der Waals surface area contributed by atoms with Crippen LogP contribution in [-0.4, -0.2) is 29.3 Å². The lowest BCUT2D eigenvalue weighted by Gasteiger charge is -2.09. The van der Waals surface area contributed by atoms with Crippen LogP contribution >= 0.6 is 24.0 Å². The van der Waals surface area contributed by atoms with Gasteiger partial charge in [-0.25, -0.2) is 0 Å². The van der Waals surface area contributed by atoms with Crippen molar-refractivity contribution in [1.29, 1.82) is 0 Å². The van der Waals surface area contributed by atoms with E-state index in [1.807, 2.05) is 6.07 Å². The Morgan fingerprint density at radius 3 is 2.93 bits per heavy atom. The molecule has 1 atom stereocenters. The first-order valence-corrected chi connectivity index (χ1v) is 5.14. The molecule has 0 radical (unpaired) electrons. The van der Waals surface area contributed by atoms with Crippen LogP contribution in [0.1, 0.15) is 12.1 Å². The Morgan fingerprint density at radius 2 is 2.33 bits per heavy atom. The zero-order chi connectivity index (χ0) is 9.80. The number of nitrogens with zero attached hydrogens (tertiary/aromatic N) is 2. The Kier molecular flexibility index (Phi) is 5.25. The molecule has 0 aliphatic carbocycles. The highest BCUT2D eigenvalue weighted by Crippen LogP contribution is 2.03. The van der Waals surface area contributed by atoms with Gasteiger partial charge in [-0.1, -0.05) is 11.6 Å². The Bertz CT molecular complexity index is 285. The summed E-state index contributed by atoms with van der Waals surface area (Å²) >= 11 is 5.63. The second-order valence-corrected chi connectivity index (χ2v) is 3.81. The van der Waals surface area contributed by atoms with Crippen molar-refractivity contribution in [3.05, 3.63) is 23.0 Å². The number of nitrogens with one attached hydrogen (secondary N) is 2. The minimum Gasteiger partial charge on any atom is -0.315 e. The van der Waals surface area contributed by atoms with Crippen molar-refractivity contribution in [2.75, 3.05) is 13.1 Å². The summed E-state index contributed by atoms with van der Waals surface area (Å²) in [6.07, 6.45) is 1.18. The predicted molar refractivity (Wildman–Crippen MR) is 62.4 cm³/mol. The van der Waals surface area contributed by atoms with Crippen LogP contribution < -0.4 is 10.6 Å². The molecule has 1 aliphatic heterocycles. The SMILES string of the molecule is Cl.Clc1ccc(CN[C@H]2CCNC2)nn1. The summed E-state index contributed by atoms with van der Waals surface area (Å²) in [6.45, 7) is 2.90. The molecule has 1 aromatic rings. The third kappa shape index (κ3) is 3.91. The van der Waals surface area contributed by atoms with Crippen LogP contribution in [0.15, 0.2) is 12.1 Å². The van der Waals surface area contributed by atoms with Gasteiger partial charge < -0.3 is 10.6 Å². The summed E-state index contributed by atoms with van der Waals surface area (Å²) in [4.78, 5) is 0. The first-order chi connectivity index (χ1) is 6.84. The lowest BCUT2D eigenvalue weighted by molar-refractivity contribution is 0.539. The van der Waals surface area contributed by atoms with E-state index >= 15 is 0 Å². The first-order valence-electron chi connectivity index (χ1n) is 4.77. The van der Waals surface area contributed by atoms with Crippen molar-refractivity contribution >= 4 is 24.0 Å². The number of halogens is 2. The molecular formula is C9H14Cl2N4. The second-order valence-electron chi connectivity index (χ2n) is 3.42. The molecular weight excluding hydrogens is 235 g/mol. The Labute approximate surface area is 100 Å². The normalized spacial score (nSPS) is 19.9. The summed E-state index contributed by atoms with van der Waals surface area (Å²) < 4.78 is 0. The van der Waals surface area contributed by atoms with E-state index in [1.54, 1.807) is 6.07 Å². The highest BCUT2D eigenvalue weighted by molar-refractivity contribution is 6.29. The van der Waals surface area contributed by atoms with Gasteiger partial charge in [0, 0.05) is 19.1 Å². The van der Waals surface area contributed by atoms with E-state index in [2.05, 4.69) is 20.8 Å². The molecule has 4 nitrogen and oxygen atoms in total. The maximum absolute atomic E-state index is 5.63. The van der Waals surface area contributed by atoms with Gasteiger partial charge in [0.25, 0.3) is 0 Å². The Balaban J connectivity index is 0.00000112. The first kappa shape index (κ1) is 12.6. The molecule has 2 heterocycles. The van der Waals surface area contributed by atoms with Crippen LogP contribution in [0.4, 0.5) is 0 Å². The minimum atomic E-state index is 0. The fraction of sp³-hybridized carbons (Fsp3) is 0.556. The fourth-order valence-electron chi connectivity index (χ4n) is 1.52. The van der Waals surface area contributed by atoms with Crippen LogP contribution in [0.3, 0.4) is 0 Å². The summed E-state index contributed by atoms with van der Waals surface area (Å²) in [5, 5.41) is 14.9. The van der Waals surface area contributed by atoms with Crippen LogP contribution in [0, 0.1) is 0 Å². The zero-order valence-corrected chi connectivity index (χ0v) is 9.81. The van der Waals surface area contributed by atoms with Gasteiger partial charge in [-0.2, -0.15) is 5.10 Å². The van der Waals surface area contributed by atoms with Gasteiger partial charge >= 0.3 is 0 Å². The third-order valence-electron chi connectivity index (χ3n) is 2.32. The molecule has 2 N–H and O–H groups in total. The highest BCUT2D eigenvalue weighted by Gasteiger charge is 2.13. The number of hydrogen-bond donors (Lipinski definition) is 2. The molecule has 0 saturated carbocycles. The van der Waals surface area contributed by atoms with E-state index in [1.165, 1.54) is 6.42 Å². The van der Waals surface area contributed by atoms with Crippen LogP contribution in [0.2, 0.25) is 5.15 Å². The Morgan fingerprint density at radius 1 is 1.47 bits per heavy atom. The third-order valence-corrected chi connectivity index (χ3v) is 2.52. The van der Waals surface area contributed by atoms with Gasteiger partial charge in [0.05, 0.1) is 5.69 Å². The largest absolute Gasteiger partial charge is 0.315 e. The molecule has 1 fully saturated rings. The lowest BCUT2D eigenvalue weighted by Crippen LogP contribution is -2.30. The van der Waals surface area contributed by atoms with E-state index in [9.17, 15) is 0 Å². The van der Waals surface area contributed by atoms with E-state index in [-0.39, 0.29) is 12.4 Å².